The number of nitrogens with zero attached hydrogens (tertiary/aromatic N) is 2. The van der Waals surface area contributed by atoms with Gasteiger partial charge in [0.1, 0.15) is 5.82 Å². The fraction of sp³-hybridized carbons (Fsp3) is 0.125. The van der Waals surface area contributed by atoms with E-state index in [4.69, 9.17) is 0 Å². The van der Waals surface area contributed by atoms with Crippen LogP contribution in [0.4, 0.5) is 13.2 Å². The van der Waals surface area contributed by atoms with Crippen molar-refractivity contribution in [2.45, 2.75) is 13.1 Å². The largest absolute Gasteiger partial charge is 0.418 e. The lowest BCUT2D eigenvalue weighted by atomic mass is 10.1. The Balaban J connectivity index is 0.00000192. The molecule has 1 heterocycles. The molecule has 1 aromatic heterocycles. The molecular formula is C16H12ClF3N2O. The molecule has 3 aromatic rings. The van der Waals surface area contributed by atoms with Gasteiger partial charge in [-0.3, -0.25) is 9.36 Å². The van der Waals surface area contributed by atoms with E-state index in [2.05, 4.69) is 4.98 Å². The van der Waals surface area contributed by atoms with E-state index in [9.17, 15) is 18.0 Å². The first-order valence-electron chi connectivity index (χ1n) is 6.54. The molecule has 0 aliphatic heterocycles. The number of hydrogen-bond donors (Lipinski definition) is 0. The van der Waals surface area contributed by atoms with Crippen molar-refractivity contribution < 1.29 is 13.2 Å². The number of halogens is 4. The standard InChI is InChI=1S/C16H11F3N2O.ClH/c1-10-20-13-8-4-2-6-11(13)15(22)21(10)14-9-5-3-7-12(14)16(17,18)19;/h2-9H,1H3;1H. The second-order valence-electron chi connectivity index (χ2n) is 4.83. The average molecular weight is 341 g/mol. The molecule has 0 bridgehead atoms. The smallest absolute Gasteiger partial charge is 0.268 e. The predicted octanol–water partition coefficient (Wildman–Crippen LogP) is 4.13. The van der Waals surface area contributed by atoms with Crippen molar-refractivity contribution in [3.05, 3.63) is 70.3 Å². The normalized spacial score (nSPS) is 11.3. The Kier molecular flexibility index (Phi) is 4.47. The summed E-state index contributed by atoms with van der Waals surface area (Å²) in [6, 6.07) is 11.6. The average Bonchev–Trinajstić information content (AvgIpc) is 2.47. The van der Waals surface area contributed by atoms with Crippen molar-refractivity contribution in [3.8, 4) is 5.69 Å². The van der Waals surface area contributed by atoms with Crippen LogP contribution in [0.5, 0.6) is 0 Å². The summed E-state index contributed by atoms with van der Waals surface area (Å²) in [6.45, 7) is 1.51. The lowest BCUT2D eigenvalue weighted by molar-refractivity contribution is -0.137. The molecule has 0 amide bonds. The summed E-state index contributed by atoms with van der Waals surface area (Å²) >= 11 is 0. The van der Waals surface area contributed by atoms with Gasteiger partial charge in [0, 0.05) is 0 Å². The Morgan fingerprint density at radius 1 is 1.00 bits per heavy atom. The van der Waals surface area contributed by atoms with Crippen molar-refractivity contribution in [1.82, 2.24) is 9.55 Å². The fourth-order valence-electron chi connectivity index (χ4n) is 2.44. The van der Waals surface area contributed by atoms with Crippen molar-refractivity contribution in [2.75, 3.05) is 0 Å². The highest BCUT2D eigenvalue weighted by molar-refractivity contribution is 5.85. The maximum Gasteiger partial charge on any atom is 0.418 e. The van der Waals surface area contributed by atoms with E-state index >= 15 is 0 Å². The van der Waals surface area contributed by atoms with Gasteiger partial charge in [0.25, 0.3) is 5.56 Å². The number of alkyl halides is 3. The minimum Gasteiger partial charge on any atom is -0.268 e. The molecule has 0 unspecified atom stereocenters. The number of benzene rings is 2. The van der Waals surface area contributed by atoms with Crippen LogP contribution >= 0.6 is 12.4 Å². The van der Waals surface area contributed by atoms with E-state index in [0.29, 0.717) is 5.52 Å². The molecule has 0 atom stereocenters. The summed E-state index contributed by atoms with van der Waals surface area (Å²) < 4.78 is 40.5. The van der Waals surface area contributed by atoms with Crippen molar-refractivity contribution >= 4 is 23.3 Å². The van der Waals surface area contributed by atoms with Gasteiger partial charge in [-0.15, -0.1) is 12.4 Å². The van der Waals surface area contributed by atoms with Gasteiger partial charge in [-0.2, -0.15) is 13.2 Å². The molecule has 7 heteroatoms. The number of para-hydroxylation sites is 2. The SMILES string of the molecule is Cc1nc2ccccc2c(=O)n1-c1ccccc1C(F)(F)F.Cl. The number of fused-ring (bicyclic) bond motifs is 1. The molecule has 0 fully saturated rings. The molecule has 0 N–H and O–H groups in total. The third kappa shape index (κ3) is 2.94. The fourth-order valence-corrected chi connectivity index (χ4v) is 2.44. The van der Waals surface area contributed by atoms with Crippen LogP contribution in [-0.2, 0) is 6.18 Å². The van der Waals surface area contributed by atoms with E-state index in [1.165, 1.54) is 25.1 Å². The molecule has 0 radical (unpaired) electrons. The molecule has 0 saturated carbocycles. The molecule has 3 nitrogen and oxygen atoms in total. The van der Waals surface area contributed by atoms with Crippen LogP contribution in [0.3, 0.4) is 0 Å². The second-order valence-corrected chi connectivity index (χ2v) is 4.83. The van der Waals surface area contributed by atoms with Crippen LogP contribution in [0.25, 0.3) is 16.6 Å². The van der Waals surface area contributed by atoms with Crippen LogP contribution in [-0.4, -0.2) is 9.55 Å². The van der Waals surface area contributed by atoms with Gasteiger partial charge in [0.2, 0.25) is 0 Å². The summed E-state index contributed by atoms with van der Waals surface area (Å²) in [7, 11) is 0. The number of aromatic nitrogens is 2. The van der Waals surface area contributed by atoms with Gasteiger partial charge >= 0.3 is 6.18 Å². The van der Waals surface area contributed by atoms with E-state index in [0.717, 1.165) is 10.6 Å². The zero-order valence-electron chi connectivity index (χ0n) is 12.0. The van der Waals surface area contributed by atoms with Gasteiger partial charge < -0.3 is 0 Å². The molecule has 0 aliphatic carbocycles. The van der Waals surface area contributed by atoms with Gasteiger partial charge in [0.05, 0.1) is 22.2 Å². The van der Waals surface area contributed by atoms with Crippen molar-refractivity contribution in [1.29, 1.82) is 0 Å². The van der Waals surface area contributed by atoms with Crippen molar-refractivity contribution in [3.63, 3.8) is 0 Å². The lowest BCUT2D eigenvalue weighted by Crippen LogP contribution is -2.25. The first kappa shape index (κ1) is 17.0. The van der Waals surface area contributed by atoms with Gasteiger partial charge in [0.15, 0.2) is 0 Å². The minimum absolute atomic E-state index is 0. The van der Waals surface area contributed by atoms with Crippen LogP contribution in [0, 0.1) is 6.92 Å². The Bertz CT molecular complexity index is 919. The number of aryl methyl sites for hydroxylation is 1. The molecule has 0 aliphatic rings. The second kappa shape index (κ2) is 6.04. The lowest BCUT2D eigenvalue weighted by Gasteiger charge is -2.16. The quantitative estimate of drug-likeness (QED) is 0.667. The molecular weight excluding hydrogens is 329 g/mol. The molecule has 3 rings (SSSR count). The first-order chi connectivity index (χ1) is 10.4. The summed E-state index contributed by atoms with van der Waals surface area (Å²) in [4.78, 5) is 16.8. The summed E-state index contributed by atoms with van der Waals surface area (Å²) in [5.74, 6) is 0.209. The van der Waals surface area contributed by atoms with Crippen molar-refractivity contribution in [2.24, 2.45) is 0 Å². The van der Waals surface area contributed by atoms with E-state index in [1.807, 2.05) is 0 Å². The highest BCUT2D eigenvalue weighted by Crippen LogP contribution is 2.33. The Morgan fingerprint density at radius 2 is 1.61 bits per heavy atom. The maximum atomic E-state index is 13.2. The Labute approximate surface area is 135 Å². The van der Waals surface area contributed by atoms with Crippen LogP contribution < -0.4 is 5.56 Å². The Hall–Kier alpha value is -2.34. The highest BCUT2D eigenvalue weighted by atomic mass is 35.5. The predicted molar refractivity (Wildman–Crippen MR) is 84.3 cm³/mol. The molecule has 23 heavy (non-hydrogen) atoms. The molecule has 120 valence electrons. The van der Waals surface area contributed by atoms with Crippen LogP contribution in [0.2, 0.25) is 0 Å². The highest BCUT2D eigenvalue weighted by Gasteiger charge is 2.34. The zero-order valence-corrected chi connectivity index (χ0v) is 12.8. The molecule has 0 saturated heterocycles. The third-order valence-corrected chi connectivity index (χ3v) is 3.39. The topological polar surface area (TPSA) is 34.9 Å². The molecule has 0 spiro atoms. The minimum atomic E-state index is -4.55. The summed E-state index contributed by atoms with van der Waals surface area (Å²) in [5.41, 5.74) is -1.13. The number of rotatable bonds is 1. The first-order valence-corrected chi connectivity index (χ1v) is 6.54. The van der Waals surface area contributed by atoms with Gasteiger partial charge in [-0.1, -0.05) is 24.3 Å². The van der Waals surface area contributed by atoms with Crippen LogP contribution in [0.1, 0.15) is 11.4 Å². The monoisotopic (exact) mass is 340 g/mol. The van der Waals surface area contributed by atoms with E-state index in [-0.39, 0.29) is 29.3 Å². The maximum absolute atomic E-state index is 13.2. The van der Waals surface area contributed by atoms with E-state index in [1.54, 1.807) is 24.3 Å². The Morgan fingerprint density at radius 3 is 2.30 bits per heavy atom. The zero-order chi connectivity index (χ0) is 15.9. The summed E-state index contributed by atoms with van der Waals surface area (Å²) in [6.07, 6.45) is -4.55. The third-order valence-electron chi connectivity index (χ3n) is 3.39. The van der Waals surface area contributed by atoms with Gasteiger partial charge in [-0.25, -0.2) is 4.98 Å². The number of hydrogen-bond acceptors (Lipinski definition) is 2. The molecule has 2 aromatic carbocycles. The van der Waals surface area contributed by atoms with E-state index < -0.39 is 17.3 Å². The van der Waals surface area contributed by atoms with Crippen LogP contribution in [0.15, 0.2) is 53.3 Å². The summed E-state index contributed by atoms with van der Waals surface area (Å²) in [5, 5.41) is 0.282. The van der Waals surface area contributed by atoms with Gasteiger partial charge in [-0.05, 0) is 31.2 Å².